The number of carbonyl (C=O) groups is 2. The summed E-state index contributed by atoms with van der Waals surface area (Å²) in [5.74, 6) is 0.341. The Kier molecular flexibility index (Phi) is 7.39. The van der Waals surface area contributed by atoms with Crippen molar-refractivity contribution in [2.45, 2.75) is 19.8 Å². The predicted octanol–water partition coefficient (Wildman–Crippen LogP) is 1.73. The van der Waals surface area contributed by atoms with E-state index in [1.54, 1.807) is 32.3 Å². The second kappa shape index (κ2) is 9.04. The quantitative estimate of drug-likeness (QED) is 0.718. The molecule has 0 aliphatic carbocycles. The van der Waals surface area contributed by atoms with Crippen molar-refractivity contribution in [1.82, 2.24) is 10.2 Å². The predicted molar refractivity (Wildman–Crippen MR) is 87.4 cm³/mol. The molecule has 0 unspecified atom stereocenters. The van der Waals surface area contributed by atoms with E-state index < -0.39 is 0 Å². The monoisotopic (exact) mass is 307 g/mol. The molecule has 0 bridgehead atoms. The van der Waals surface area contributed by atoms with E-state index in [0.717, 1.165) is 13.0 Å². The summed E-state index contributed by atoms with van der Waals surface area (Å²) in [6.07, 6.45) is 1.20. The van der Waals surface area contributed by atoms with Gasteiger partial charge in [-0.15, -0.1) is 0 Å². The van der Waals surface area contributed by atoms with Gasteiger partial charge in [-0.25, -0.2) is 0 Å². The summed E-state index contributed by atoms with van der Waals surface area (Å²) < 4.78 is 5.54. The number of nitrogens with one attached hydrogen (secondary N) is 2. The molecule has 2 amide bonds. The Labute approximate surface area is 131 Å². The molecular formula is C16H25N3O3. The lowest BCUT2D eigenvalue weighted by atomic mass is 10.1. The van der Waals surface area contributed by atoms with Crippen molar-refractivity contribution in [3.63, 3.8) is 0 Å². The zero-order chi connectivity index (χ0) is 16.5. The molecule has 0 spiro atoms. The number of rotatable bonds is 8. The lowest BCUT2D eigenvalue weighted by Gasteiger charge is -2.15. The van der Waals surface area contributed by atoms with Crippen LogP contribution in [0.4, 0.5) is 5.69 Å². The highest BCUT2D eigenvalue weighted by atomic mass is 16.5. The van der Waals surface area contributed by atoms with Crippen LogP contribution in [0.1, 0.15) is 30.1 Å². The third-order valence-corrected chi connectivity index (χ3v) is 3.04. The molecule has 0 aliphatic rings. The molecule has 1 aromatic carbocycles. The summed E-state index contributed by atoms with van der Waals surface area (Å²) in [6, 6.07) is 5.06. The van der Waals surface area contributed by atoms with Crippen LogP contribution in [-0.2, 0) is 4.79 Å². The van der Waals surface area contributed by atoms with E-state index in [9.17, 15) is 9.59 Å². The average Bonchev–Trinajstić information content (AvgIpc) is 2.48. The minimum atomic E-state index is -0.104. The molecule has 0 radical (unpaired) electrons. The van der Waals surface area contributed by atoms with Crippen molar-refractivity contribution in [2.24, 2.45) is 0 Å². The molecule has 0 fully saturated rings. The van der Waals surface area contributed by atoms with Crippen LogP contribution in [0.2, 0.25) is 0 Å². The average molecular weight is 307 g/mol. The number of amides is 2. The first-order chi connectivity index (χ1) is 10.5. The topological polar surface area (TPSA) is 70.7 Å². The largest absolute Gasteiger partial charge is 0.492 e. The molecule has 0 aliphatic heterocycles. The maximum absolute atomic E-state index is 12.0. The zero-order valence-corrected chi connectivity index (χ0v) is 13.7. The van der Waals surface area contributed by atoms with Gasteiger partial charge in [0.15, 0.2) is 0 Å². The summed E-state index contributed by atoms with van der Waals surface area (Å²) >= 11 is 0. The summed E-state index contributed by atoms with van der Waals surface area (Å²) in [6.45, 7) is 3.11. The van der Waals surface area contributed by atoms with Gasteiger partial charge >= 0.3 is 0 Å². The van der Waals surface area contributed by atoms with E-state index in [0.29, 0.717) is 30.0 Å². The summed E-state index contributed by atoms with van der Waals surface area (Å²) in [5, 5.41) is 5.84. The van der Waals surface area contributed by atoms with E-state index in [-0.39, 0.29) is 11.8 Å². The lowest BCUT2D eigenvalue weighted by molar-refractivity contribution is -0.116. The van der Waals surface area contributed by atoms with Crippen molar-refractivity contribution in [1.29, 1.82) is 0 Å². The molecule has 6 heteroatoms. The van der Waals surface area contributed by atoms with E-state index in [2.05, 4.69) is 10.6 Å². The highest BCUT2D eigenvalue weighted by Crippen LogP contribution is 2.26. The number of anilines is 1. The fourth-order valence-electron chi connectivity index (χ4n) is 1.93. The van der Waals surface area contributed by atoms with E-state index in [1.807, 2.05) is 14.0 Å². The van der Waals surface area contributed by atoms with Gasteiger partial charge in [0.2, 0.25) is 5.91 Å². The fourth-order valence-corrected chi connectivity index (χ4v) is 1.93. The maximum atomic E-state index is 12.0. The minimum absolute atomic E-state index is 0.0668. The summed E-state index contributed by atoms with van der Waals surface area (Å²) in [7, 11) is 5.24. The van der Waals surface area contributed by atoms with Crippen molar-refractivity contribution >= 4 is 17.5 Å². The molecule has 22 heavy (non-hydrogen) atoms. The van der Waals surface area contributed by atoms with Gasteiger partial charge in [-0.05, 0) is 45.1 Å². The Balaban J connectivity index is 2.85. The molecule has 1 aromatic rings. The third kappa shape index (κ3) is 5.37. The van der Waals surface area contributed by atoms with Crippen molar-refractivity contribution in [2.75, 3.05) is 39.6 Å². The molecule has 0 heterocycles. The smallest absolute Gasteiger partial charge is 0.253 e. The van der Waals surface area contributed by atoms with Gasteiger partial charge in [0, 0.05) is 26.1 Å². The molecule has 0 atom stereocenters. The SMILES string of the molecule is CCOc1cc(C(=O)N(C)C)ccc1NC(=O)CCCNC. The molecule has 0 saturated heterocycles. The normalized spacial score (nSPS) is 10.2. The van der Waals surface area contributed by atoms with Gasteiger partial charge in [-0.2, -0.15) is 0 Å². The Hall–Kier alpha value is -2.08. The molecule has 0 saturated carbocycles. The number of hydrogen-bond acceptors (Lipinski definition) is 4. The van der Waals surface area contributed by atoms with Crippen molar-refractivity contribution in [3.8, 4) is 5.75 Å². The first-order valence-corrected chi connectivity index (χ1v) is 7.42. The third-order valence-electron chi connectivity index (χ3n) is 3.04. The van der Waals surface area contributed by atoms with Crippen LogP contribution >= 0.6 is 0 Å². The van der Waals surface area contributed by atoms with Gasteiger partial charge in [-0.3, -0.25) is 9.59 Å². The van der Waals surface area contributed by atoms with Gasteiger partial charge < -0.3 is 20.3 Å². The Morgan fingerprint density at radius 1 is 1.27 bits per heavy atom. The highest BCUT2D eigenvalue weighted by Gasteiger charge is 2.13. The van der Waals surface area contributed by atoms with Crippen LogP contribution in [0.3, 0.4) is 0 Å². The number of nitrogens with zero attached hydrogens (tertiary/aromatic N) is 1. The number of carbonyl (C=O) groups excluding carboxylic acids is 2. The summed E-state index contributed by atoms with van der Waals surface area (Å²) in [4.78, 5) is 25.4. The van der Waals surface area contributed by atoms with E-state index in [4.69, 9.17) is 4.74 Å². The van der Waals surface area contributed by atoms with Gasteiger partial charge in [0.05, 0.1) is 12.3 Å². The molecule has 122 valence electrons. The van der Waals surface area contributed by atoms with Crippen LogP contribution in [0.5, 0.6) is 5.75 Å². The fraction of sp³-hybridized carbons (Fsp3) is 0.500. The molecule has 2 N–H and O–H groups in total. The first-order valence-electron chi connectivity index (χ1n) is 7.42. The van der Waals surface area contributed by atoms with Gasteiger partial charge in [-0.1, -0.05) is 0 Å². The van der Waals surface area contributed by atoms with Gasteiger partial charge in [0.1, 0.15) is 5.75 Å². The lowest BCUT2D eigenvalue weighted by Crippen LogP contribution is -2.22. The van der Waals surface area contributed by atoms with E-state index in [1.165, 1.54) is 4.90 Å². The Bertz CT molecular complexity index is 515. The van der Waals surface area contributed by atoms with Gasteiger partial charge in [0.25, 0.3) is 5.91 Å². The molecule has 1 rings (SSSR count). The summed E-state index contributed by atoms with van der Waals surface area (Å²) in [5.41, 5.74) is 1.12. The second-order valence-electron chi connectivity index (χ2n) is 5.10. The van der Waals surface area contributed by atoms with Crippen molar-refractivity contribution in [3.05, 3.63) is 23.8 Å². The van der Waals surface area contributed by atoms with Crippen molar-refractivity contribution < 1.29 is 14.3 Å². The molecular weight excluding hydrogens is 282 g/mol. The number of ether oxygens (including phenoxy) is 1. The van der Waals surface area contributed by atoms with E-state index >= 15 is 0 Å². The molecule has 0 aromatic heterocycles. The zero-order valence-electron chi connectivity index (χ0n) is 13.7. The number of benzene rings is 1. The Morgan fingerprint density at radius 2 is 2.00 bits per heavy atom. The second-order valence-corrected chi connectivity index (χ2v) is 5.10. The first kappa shape index (κ1) is 18.0. The number of hydrogen-bond donors (Lipinski definition) is 2. The van der Waals surface area contributed by atoms with Crippen LogP contribution in [0, 0.1) is 0 Å². The maximum Gasteiger partial charge on any atom is 0.253 e. The minimum Gasteiger partial charge on any atom is -0.492 e. The standard InChI is InChI=1S/C16H25N3O3/c1-5-22-14-11-12(16(21)19(3)4)8-9-13(14)18-15(20)7-6-10-17-2/h8-9,11,17H,5-7,10H2,1-4H3,(H,18,20). The van der Waals surface area contributed by atoms with Crippen LogP contribution in [0.25, 0.3) is 0 Å². The van der Waals surface area contributed by atoms with Crippen LogP contribution < -0.4 is 15.4 Å². The highest BCUT2D eigenvalue weighted by molar-refractivity contribution is 5.97. The molecule has 6 nitrogen and oxygen atoms in total. The van der Waals surface area contributed by atoms with Crippen LogP contribution in [-0.4, -0.2) is 51.0 Å². The Morgan fingerprint density at radius 3 is 2.59 bits per heavy atom. The van der Waals surface area contributed by atoms with Crippen LogP contribution in [0.15, 0.2) is 18.2 Å².